The van der Waals surface area contributed by atoms with Gasteiger partial charge in [0.2, 0.25) is 0 Å². The van der Waals surface area contributed by atoms with Gasteiger partial charge in [-0.05, 0) is 19.4 Å². The van der Waals surface area contributed by atoms with Crippen molar-refractivity contribution in [1.82, 2.24) is 0 Å². The molecule has 0 saturated carbocycles. The van der Waals surface area contributed by atoms with Crippen LogP contribution in [0.25, 0.3) is 0 Å². The molecule has 0 aromatic heterocycles. The highest BCUT2D eigenvalue weighted by Crippen LogP contribution is 2.09. The summed E-state index contributed by atoms with van der Waals surface area (Å²) >= 11 is 0. The molecule has 1 rings (SSSR count). The highest BCUT2D eigenvalue weighted by atomic mass is 14.9. The maximum absolute atomic E-state index is 5.47. The number of rotatable bonds is 2. The quantitative estimate of drug-likeness (QED) is 0.598. The second kappa shape index (κ2) is 4.18. The molecule has 1 heterocycles. The molecule has 0 aromatic carbocycles. The monoisotopic (exact) mass is 165 g/mol. The zero-order valence-corrected chi connectivity index (χ0v) is 7.33. The molecule has 66 valence electrons. The molecule has 0 aliphatic carbocycles. The lowest BCUT2D eigenvalue weighted by atomic mass is 10.2. The van der Waals surface area contributed by atoms with Gasteiger partial charge >= 0.3 is 0 Å². The van der Waals surface area contributed by atoms with Gasteiger partial charge in [-0.15, -0.1) is 0 Å². The summed E-state index contributed by atoms with van der Waals surface area (Å²) in [5.41, 5.74) is 12.9. The Morgan fingerprint density at radius 1 is 1.58 bits per heavy atom. The zero-order chi connectivity index (χ0) is 8.97. The molecule has 12 heavy (non-hydrogen) atoms. The van der Waals surface area contributed by atoms with E-state index < -0.39 is 0 Å². The molecule has 1 aliphatic rings. The van der Waals surface area contributed by atoms with Crippen molar-refractivity contribution in [2.75, 3.05) is 0 Å². The van der Waals surface area contributed by atoms with E-state index in [1.807, 2.05) is 13.0 Å². The zero-order valence-electron chi connectivity index (χ0n) is 7.33. The van der Waals surface area contributed by atoms with Crippen molar-refractivity contribution in [2.24, 2.45) is 16.5 Å². The molecule has 0 unspecified atom stereocenters. The van der Waals surface area contributed by atoms with E-state index in [4.69, 9.17) is 11.5 Å². The lowest BCUT2D eigenvalue weighted by molar-refractivity contribution is 0.692. The Morgan fingerprint density at radius 2 is 2.33 bits per heavy atom. The first-order valence-corrected chi connectivity index (χ1v) is 4.10. The molecule has 0 atom stereocenters. The van der Waals surface area contributed by atoms with Gasteiger partial charge < -0.3 is 11.5 Å². The largest absolute Gasteiger partial charge is 0.316 e. The van der Waals surface area contributed by atoms with Crippen LogP contribution in [0.2, 0.25) is 0 Å². The molecule has 0 amide bonds. The molecule has 3 nitrogen and oxygen atoms in total. The van der Waals surface area contributed by atoms with Crippen molar-refractivity contribution in [3.63, 3.8) is 0 Å². The maximum atomic E-state index is 5.47. The van der Waals surface area contributed by atoms with Crippen LogP contribution in [-0.2, 0) is 0 Å². The van der Waals surface area contributed by atoms with Gasteiger partial charge in [-0.25, -0.2) is 0 Å². The number of aliphatic imine (C=N–C) groups is 1. The summed E-state index contributed by atoms with van der Waals surface area (Å²) < 4.78 is 0. The fourth-order valence-electron chi connectivity index (χ4n) is 1.12. The smallest absolute Gasteiger partial charge is 0.0577 e. The Balaban J connectivity index is 2.65. The Morgan fingerprint density at radius 3 is 3.00 bits per heavy atom. The normalized spacial score (nSPS) is 17.3. The molecular formula is C9H15N3. The van der Waals surface area contributed by atoms with Crippen molar-refractivity contribution in [3.05, 3.63) is 23.9 Å². The van der Waals surface area contributed by atoms with Crippen LogP contribution < -0.4 is 11.5 Å². The molecule has 0 spiro atoms. The van der Waals surface area contributed by atoms with Crippen LogP contribution in [-0.4, -0.2) is 11.9 Å². The summed E-state index contributed by atoms with van der Waals surface area (Å²) in [5, 5.41) is 0. The van der Waals surface area contributed by atoms with E-state index in [0.717, 1.165) is 17.8 Å². The molecule has 0 radical (unpaired) electrons. The number of hydrogen-bond donors (Lipinski definition) is 2. The van der Waals surface area contributed by atoms with E-state index in [9.17, 15) is 0 Å². The van der Waals surface area contributed by atoms with Gasteiger partial charge in [0.05, 0.1) is 6.17 Å². The van der Waals surface area contributed by atoms with E-state index in [1.165, 1.54) is 0 Å². The van der Waals surface area contributed by atoms with Gasteiger partial charge in [-0.3, -0.25) is 4.99 Å². The van der Waals surface area contributed by atoms with Crippen LogP contribution in [0.1, 0.15) is 19.8 Å². The van der Waals surface area contributed by atoms with Gasteiger partial charge in [0.1, 0.15) is 0 Å². The number of nitrogens with zero attached hydrogens (tertiary/aromatic N) is 1. The van der Waals surface area contributed by atoms with Gasteiger partial charge in [-0.1, -0.05) is 12.2 Å². The molecule has 0 saturated heterocycles. The molecule has 0 aromatic rings. The third kappa shape index (κ3) is 2.98. The second-order valence-corrected chi connectivity index (χ2v) is 2.95. The first kappa shape index (κ1) is 9.16. The number of hydrogen-bond acceptors (Lipinski definition) is 3. The average molecular weight is 165 g/mol. The topological polar surface area (TPSA) is 64.4 Å². The van der Waals surface area contributed by atoms with E-state index in [0.29, 0.717) is 6.42 Å². The van der Waals surface area contributed by atoms with Gasteiger partial charge in [0.15, 0.2) is 0 Å². The highest BCUT2D eigenvalue weighted by molar-refractivity contribution is 5.93. The SMILES string of the molecule is CC1=NC(CC(N)N)=CCC=C1. The Bertz CT molecular complexity index is 236. The Labute approximate surface area is 72.8 Å². The van der Waals surface area contributed by atoms with Crippen LogP contribution in [0.3, 0.4) is 0 Å². The highest BCUT2D eigenvalue weighted by Gasteiger charge is 2.01. The molecule has 4 N–H and O–H groups in total. The first-order valence-electron chi connectivity index (χ1n) is 4.10. The standard InChI is InChI=1S/C9H15N3/c1-7-4-2-3-5-8(12-7)6-9(10)11/h2,4-5,9H,3,6,10-11H2,1H3. The molecular weight excluding hydrogens is 150 g/mol. The minimum atomic E-state index is -0.300. The van der Waals surface area contributed by atoms with E-state index in [1.54, 1.807) is 0 Å². The summed E-state index contributed by atoms with van der Waals surface area (Å²) in [5.74, 6) is 0. The summed E-state index contributed by atoms with van der Waals surface area (Å²) in [7, 11) is 0. The van der Waals surface area contributed by atoms with Crippen molar-refractivity contribution in [3.8, 4) is 0 Å². The van der Waals surface area contributed by atoms with Gasteiger partial charge in [0, 0.05) is 17.8 Å². The predicted molar refractivity (Wildman–Crippen MR) is 51.7 cm³/mol. The second-order valence-electron chi connectivity index (χ2n) is 2.95. The minimum absolute atomic E-state index is 0.300. The first-order chi connectivity index (χ1) is 5.68. The Hall–Kier alpha value is -0.930. The van der Waals surface area contributed by atoms with Crippen LogP contribution in [0.15, 0.2) is 28.9 Å². The van der Waals surface area contributed by atoms with Crippen LogP contribution in [0, 0.1) is 0 Å². The van der Waals surface area contributed by atoms with Gasteiger partial charge in [0.25, 0.3) is 0 Å². The van der Waals surface area contributed by atoms with Crippen LogP contribution >= 0.6 is 0 Å². The van der Waals surface area contributed by atoms with E-state index in [-0.39, 0.29) is 6.17 Å². The molecule has 3 heteroatoms. The van der Waals surface area contributed by atoms with E-state index >= 15 is 0 Å². The predicted octanol–water partition coefficient (Wildman–Crippen LogP) is 0.925. The number of allylic oxidation sites excluding steroid dienone is 3. The Kier molecular flexibility index (Phi) is 3.19. The lowest BCUT2D eigenvalue weighted by Gasteiger charge is -2.04. The summed E-state index contributed by atoms with van der Waals surface area (Å²) in [6.45, 7) is 1.97. The number of nitrogens with two attached hydrogens (primary N) is 2. The summed E-state index contributed by atoms with van der Waals surface area (Å²) in [4.78, 5) is 4.35. The van der Waals surface area contributed by atoms with Gasteiger partial charge in [-0.2, -0.15) is 0 Å². The van der Waals surface area contributed by atoms with Crippen LogP contribution in [0.4, 0.5) is 0 Å². The fourth-order valence-corrected chi connectivity index (χ4v) is 1.12. The van der Waals surface area contributed by atoms with Crippen molar-refractivity contribution in [2.45, 2.75) is 25.9 Å². The molecule has 1 aliphatic heterocycles. The summed E-state index contributed by atoms with van der Waals surface area (Å²) in [6.07, 6.45) is 7.41. The average Bonchev–Trinajstić information content (AvgIpc) is 2.12. The fraction of sp³-hybridized carbons (Fsp3) is 0.444. The summed E-state index contributed by atoms with van der Waals surface area (Å²) in [6, 6.07) is 0. The van der Waals surface area contributed by atoms with E-state index in [2.05, 4.69) is 17.1 Å². The lowest BCUT2D eigenvalue weighted by Crippen LogP contribution is -2.30. The van der Waals surface area contributed by atoms with Crippen molar-refractivity contribution >= 4 is 5.71 Å². The van der Waals surface area contributed by atoms with Crippen LogP contribution in [0.5, 0.6) is 0 Å². The van der Waals surface area contributed by atoms with Crippen molar-refractivity contribution in [1.29, 1.82) is 0 Å². The molecule has 0 fully saturated rings. The van der Waals surface area contributed by atoms with Crippen molar-refractivity contribution < 1.29 is 0 Å². The third-order valence-corrected chi connectivity index (χ3v) is 1.61. The maximum Gasteiger partial charge on any atom is 0.0577 e. The minimum Gasteiger partial charge on any atom is -0.316 e. The molecule has 0 bridgehead atoms. The third-order valence-electron chi connectivity index (χ3n) is 1.61.